The van der Waals surface area contributed by atoms with Crippen molar-refractivity contribution in [1.82, 2.24) is 14.7 Å². The van der Waals surface area contributed by atoms with Crippen LogP contribution < -0.4 is 11.5 Å². The van der Waals surface area contributed by atoms with Crippen LogP contribution in [-0.2, 0) is 16.0 Å². The predicted octanol–water partition coefficient (Wildman–Crippen LogP) is -0.100. The molecular weight excluding hydrogens is 408 g/mol. The molecule has 3 amide bonds. The molecule has 9 heteroatoms. The van der Waals surface area contributed by atoms with Crippen LogP contribution in [0, 0.1) is 11.3 Å². The first-order chi connectivity index (χ1) is 15.4. The molecule has 1 aromatic rings. The Morgan fingerprint density at radius 1 is 1.25 bits per heavy atom. The number of nitrogens with zero attached hydrogens (tertiary/aromatic N) is 4. The number of piperazine rings is 1. The fourth-order valence-electron chi connectivity index (χ4n) is 6.05. The lowest BCUT2D eigenvalue weighted by Crippen LogP contribution is -2.56. The number of carbonyl (C=O) groups is 3. The van der Waals surface area contributed by atoms with Crippen molar-refractivity contribution in [3.63, 3.8) is 0 Å². The maximum absolute atomic E-state index is 13.3. The van der Waals surface area contributed by atoms with Crippen molar-refractivity contribution in [2.75, 3.05) is 19.6 Å². The van der Waals surface area contributed by atoms with Crippen LogP contribution in [0.4, 0.5) is 0 Å². The molecule has 3 aliphatic heterocycles. The third-order valence-corrected chi connectivity index (χ3v) is 7.56. The Balaban J connectivity index is 1.25. The SMILES string of the molecule is N#CC1CCCN1C(=O)C(N)CN1C[C@@H]2CC1C(=O)N2C1CCc2cc(C(N)=O)ccc21. The number of nitrogens with two attached hydrogens (primary N) is 2. The summed E-state index contributed by atoms with van der Waals surface area (Å²) in [5.41, 5.74) is 14.3. The lowest BCUT2D eigenvalue weighted by atomic mass is 10.0. The molecule has 3 heterocycles. The molecular formula is C23H28N6O3. The van der Waals surface area contributed by atoms with Gasteiger partial charge in [0.05, 0.1) is 24.2 Å². The van der Waals surface area contributed by atoms with E-state index in [1.54, 1.807) is 11.0 Å². The summed E-state index contributed by atoms with van der Waals surface area (Å²) in [6.45, 7) is 1.60. The van der Waals surface area contributed by atoms with Crippen LogP contribution in [0.3, 0.4) is 0 Å². The van der Waals surface area contributed by atoms with Crippen LogP contribution >= 0.6 is 0 Å². The first kappa shape index (κ1) is 20.9. The van der Waals surface area contributed by atoms with E-state index in [2.05, 4.69) is 6.07 Å². The second kappa shape index (κ2) is 7.87. The molecule has 4 unspecified atom stereocenters. The number of nitriles is 1. The van der Waals surface area contributed by atoms with Gasteiger partial charge in [-0.15, -0.1) is 0 Å². The summed E-state index contributed by atoms with van der Waals surface area (Å²) in [7, 11) is 0. The molecule has 0 saturated carbocycles. The fourth-order valence-corrected chi connectivity index (χ4v) is 6.05. The van der Waals surface area contributed by atoms with E-state index in [1.807, 2.05) is 21.9 Å². The van der Waals surface area contributed by atoms with Gasteiger partial charge in [-0.1, -0.05) is 6.07 Å². The van der Waals surface area contributed by atoms with Gasteiger partial charge in [0, 0.05) is 31.2 Å². The topological polar surface area (TPSA) is 137 Å². The van der Waals surface area contributed by atoms with Gasteiger partial charge in [0.2, 0.25) is 17.7 Å². The minimum absolute atomic E-state index is 0.0212. The summed E-state index contributed by atoms with van der Waals surface area (Å²) in [6.07, 6.45) is 3.93. The molecule has 3 fully saturated rings. The second-order valence-electron chi connectivity index (χ2n) is 9.36. The molecule has 5 atom stereocenters. The van der Waals surface area contributed by atoms with Gasteiger partial charge in [0.25, 0.3) is 0 Å². The monoisotopic (exact) mass is 436 g/mol. The van der Waals surface area contributed by atoms with Crippen LogP contribution in [0.25, 0.3) is 0 Å². The molecule has 1 aliphatic carbocycles. The molecule has 3 saturated heterocycles. The van der Waals surface area contributed by atoms with Crippen molar-refractivity contribution < 1.29 is 14.4 Å². The first-order valence-corrected chi connectivity index (χ1v) is 11.3. The Morgan fingerprint density at radius 2 is 2.06 bits per heavy atom. The minimum Gasteiger partial charge on any atom is -0.366 e. The van der Waals surface area contributed by atoms with E-state index < -0.39 is 18.0 Å². The summed E-state index contributed by atoms with van der Waals surface area (Å²) in [6, 6.07) is 6.44. The average Bonchev–Trinajstić information content (AvgIpc) is 3.55. The molecule has 5 rings (SSSR count). The van der Waals surface area contributed by atoms with Crippen molar-refractivity contribution in [2.45, 2.75) is 62.3 Å². The number of hydrogen-bond acceptors (Lipinski definition) is 6. The Hall–Kier alpha value is -2.96. The quantitative estimate of drug-likeness (QED) is 0.661. The maximum atomic E-state index is 13.3. The number of carbonyl (C=O) groups excluding carboxylic acids is 3. The third kappa shape index (κ3) is 3.26. The number of rotatable bonds is 5. The summed E-state index contributed by atoms with van der Waals surface area (Å²) in [5.74, 6) is -0.547. The maximum Gasteiger partial charge on any atom is 0.248 e. The van der Waals surface area contributed by atoms with E-state index in [-0.39, 0.29) is 29.9 Å². The number of fused-ring (bicyclic) bond motifs is 3. The normalized spacial score (nSPS) is 29.9. The molecule has 168 valence electrons. The highest BCUT2D eigenvalue weighted by Crippen LogP contribution is 2.44. The van der Waals surface area contributed by atoms with Gasteiger partial charge in [0.15, 0.2) is 0 Å². The summed E-state index contributed by atoms with van der Waals surface area (Å²) < 4.78 is 0. The Kier molecular flexibility index (Phi) is 5.14. The molecule has 9 nitrogen and oxygen atoms in total. The van der Waals surface area contributed by atoms with Crippen molar-refractivity contribution >= 4 is 17.7 Å². The third-order valence-electron chi connectivity index (χ3n) is 7.56. The minimum atomic E-state index is -0.732. The molecule has 2 bridgehead atoms. The number of amides is 3. The molecule has 32 heavy (non-hydrogen) atoms. The first-order valence-electron chi connectivity index (χ1n) is 11.3. The van der Waals surface area contributed by atoms with Gasteiger partial charge < -0.3 is 21.3 Å². The van der Waals surface area contributed by atoms with Crippen LogP contribution in [0.15, 0.2) is 18.2 Å². The molecule has 0 spiro atoms. The van der Waals surface area contributed by atoms with E-state index in [4.69, 9.17) is 11.5 Å². The molecule has 4 N–H and O–H groups in total. The zero-order valence-electron chi connectivity index (χ0n) is 17.9. The zero-order chi connectivity index (χ0) is 22.6. The highest BCUT2D eigenvalue weighted by atomic mass is 16.2. The van der Waals surface area contributed by atoms with Crippen molar-refractivity contribution in [1.29, 1.82) is 5.26 Å². The number of benzene rings is 1. The van der Waals surface area contributed by atoms with Crippen LogP contribution in [0.2, 0.25) is 0 Å². The Bertz CT molecular complexity index is 1020. The number of likely N-dealkylation sites (tertiary alicyclic amines) is 3. The van der Waals surface area contributed by atoms with E-state index >= 15 is 0 Å². The van der Waals surface area contributed by atoms with Gasteiger partial charge in [0.1, 0.15) is 6.04 Å². The standard InChI is InChI=1S/C23H28N6O3/c24-10-15-2-1-7-28(15)22(31)18(25)12-27-11-16-9-20(27)23(32)29(16)19-6-4-13-8-14(21(26)30)3-5-17(13)19/h3,5,8,15-16,18-20H,1-2,4,6-7,9,11-12,25H2,(H2,26,30)/t15?,16-,18?,19?,20?/m0/s1. The van der Waals surface area contributed by atoms with Crippen molar-refractivity contribution in [2.24, 2.45) is 11.5 Å². The largest absolute Gasteiger partial charge is 0.366 e. The van der Waals surface area contributed by atoms with E-state index in [0.717, 1.165) is 36.8 Å². The van der Waals surface area contributed by atoms with Gasteiger partial charge in [-0.25, -0.2) is 0 Å². The fraction of sp³-hybridized carbons (Fsp3) is 0.565. The molecule has 0 aromatic heterocycles. The Morgan fingerprint density at radius 3 is 2.78 bits per heavy atom. The predicted molar refractivity (Wildman–Crippen MR) is 115 cm³/mol. The van der Waals surface area contributed by atoms with Crippen LogP contribution in [0.5, 0.6) is 0 Å². The Labute approximate surface area is 186 Å². The van der Waals surface area contributed by atoms with Gasteiger partial charge in [-0.05, 0) is 55.4 Å². The van der Waals surface area contributed by atoms with Gasteiger partial charge >= 0.3 is 0 Å². The molecule has 1 aromatic carbocycles. The summed E-state index contributed by atoms with van der Waals surface area (Å²) in [4.78, 5) is 43.2. The average molecular weight is 437 g/mol. The number of primary amides is 1. The lowest BCUT2D eigenvalue weighted by Gasteiger charge is -2.38. The lowest BCUT2D eigenvalue weighted by molar-refractivity contribution is -0.141. The smallest absolute Gasteiger partial charge is 0.248 e. The van der Waals surface area contributed by atoms with E-state index in [0.29, 0.717) is 31.6 Å². The highest BCUT2D eigenvalue weighted by molar-refractivity contribution is 5.93. The van der Waals surface area contributed by atoms with Crippen molar-refractivity contribution in [3.05, 3.63) is 34.9 Å². The van der Waals surface area contributed by atoms with Crippen molar-refractivity contribution in [3.8, 4) is 6.07 Å². The van der Waals surface area contributed by atoms with E-state index in [9.17, 15) is 19.6 Å². The number of aryl methyl sites for hydroxylation is 1. The zero-order valence-corrected chi connectivity index (χ0v) is 17.9. The molecule has 4 aliphatic rings. The second-order valence-corrected chi connectivity index (χ2v) is 9.36. The molecule has 0 radical (unpaired) electrons. The van der Waals surface area contributed by atoms with Crippen LogP contribution in [0.1, 0.15) is 53.2 Å². The van der Waals surface area contributed by atoms with Gasteiger partial charge in [-0.2, -0.15) is 5.26 Å². The number of hydrogen-bond donors (Lipinski definition) is 2. The summed E-state index contributed by atoms with van der Waals surface area (Å²) >= 11 is 0. The van der Waals surface area contributed by atoms with E-state index in [1.165, 1.54) is 0 Å². The van der Waals surface area contributed by atoms with Crippen LogP contribution in [-0.4, -0.2) is 76.2 Å². The highest BCUT2D eigenvalue weighted by Gasteiger charge is 2.53. The van der Waals surface area contributed by atoms with Gasteiger partial charge in [-0.3, -0.25) is 19.3 Å². The summed E-state index contributed by atoms with van der Waals surface area (Å²) in [5, 5.41) is 9.25.